The Morgan fingerprint density at radius 3 is 3.26 bits per heavy atom. The van der Waals surface area contributed by atoms with Gasteiger partial charge in [0.05, 0.1) is 5.49 Å². The Hall–Kier alpha value is -2.34. The van der Waals surface area contributed by atoms with Crippen LogP contribution in [0.1, 0.15) is 6.42 Å². The maximum atomic E-state index is 5.71. The Morgan fingerprint density at radius 2 is 2.37 bits per heavy atom. The molecule has 0 radical (unpaired) electrons. The number of thiocarbonyl (C=S) groups is 1. The van der Waals surface area contributed by atoms with E-state index in [9.17, 15) is 0 Å². The molecule has 5 nitrogen and oxygen atoms in total. The van der Waals surface area contributed by atoms with Crippen molar-refractivity contribution < 1.29 is 4.42 Å². The number of allylic oxidation sites excluding steroid dienone is 1. The predicted molar refractivity (Wildman–Crippen MR) is 76.0 cm³/mol. The number of nitrogens with one attached hydrogen (secondary N) is 1. The highest BCUT2D eigenvalue weighted by Crippen LogP contribution is 2.16. The fourth-order valence-corrected chi connectivity index (χ4v) is 1.86. The van der Waals surface area contributed by atoms with E-state index in [1.54, 1.807) is 12.4 Å². The molecule has 0 saturated carbocycles. The molecule has 0 aliphatic carbocycles. The molecular weight excluding hydrogens is 260 g/mol. The van der Waals surface area contributed by atoms with E-state index >= 15 is 0 Å². The standard InChI is InChI=1S/C13H10N4OS/c19-8-16-11-7-9(4-6-14-11)13-17-12-10(18-13)3-1-2-5-15-12/h2-8H,1H2,(H,14,16,19). The van der Waals surface area contributed by atoms with Crippen LogP contribution < -0.4 is 16.2 Å². The van der Waals surface area contributed by atoms with Crippen molar-refractivity contribution in [1.82, 2.24) is 9.97 Å². The number of hydrogen-bond donors (Lipinski definition) is 1. The molecule has 0 aromatic carbocycles. The predicted octanol–water partition coefficient (Wildman–Crippen LogP) is 1.42. The third-order valence-corrected chi connectivity index (χ3v) is 2.71. The normalized spacial score (nSPS) is 12.8. The summed E-state index contributed by atoms with van der Waals surface area (Å²) in [5, 5.41) is 2.86. The smallest absolute Gasteiger partial charge is 0.229 e. The lowest BCUT2D eigenvalue weighted by Crippen LogP contribution is -2.21. The number of pyridine rings is 1. The Morgan fingerprint density at radius 1 is 1.42 bits per heavy atom. The zero-order valence-corrected chi connectivity index (χ0v) is 10.7. The summed E-state index contributed by atoms with van der Waals surface area (Å²) in [6.45, 7) is 0. The highest BCUT2D eigenvalue weighted by atomic mass is 32.1. The van der Waals surface area contributed by atoms with Crippen molar-refractivity contribution in [2.45, 2.75) is 6.42 Å². The largest absolute Gasteiger partial charge is 0.435 e. The van der Waals surface area contributed by atoms with E-state index in [1.807, 2.05) is 24.3 Å². The van der Waals surface area contributed by atoms with Crippen molar-refractivity contribution in [1.29, 1.82) is 0 Å². The summed E-state index contributed by atoms with van der Waals surface area (Å²) in [6.07, 6.45) is 8.10. The number of rotatable bonds is 3. The maximum Gasteiger partial charge on any atom is 0.229 e. The lowest BCUT2D eigenvalue weighted by Gasteiger charge is -1.99. The third kappa shape index (κ3) is 2.43. The van der Waals surface area contributed by atoms with Gasteiger partial charge < -0.3 is 9.73 Å². The zero-order chi connectivity index (χ0) is 13.1. The lowest BCUT2D eigenvalue weighted by molar-refractivity contribution is 0.538. The summed E-state index contributed by atoms with van der Waals surface area (Å²) in [5.74, 6) is 1.18. The van der Waals surface area contributed by atoms with Crippen molar-refractivity contribution in [2.75, 3.05) is 5.32 Å². The van der Waals surface area contributed by atoms with Gasteiger partial charge in [-0.3, -0.25) is 0 Å². The zero-order valence-electron chi connectivity index (χ0n) is 9.91. The van der Waals surface area contributed by atoms with Crippen LogP contribution in [0.15, 0.2) is 40.0 Å². The van der Waals surface area contributed by atoms with Crippen LogP contribution >= 0.6 is 12.2 Å². The van der Waals surface area contributed by atoms with Gasteiger partial charge in [0.15, 0.2) is 10.9 Å². The van der Waals surface area contributed by atoms with Crippen LogP contribution in [0.3, 0.4) is 0 Å². The van der Waals surface area contributed by atoms with Gasteiger partial charge in [0.2, 0.25) is 5.89 Å². The van der Waals surface area contributed by atoms with Crippen LogP contribution in [0, 0.1) is 0 Å². The Balaban J connectivity index is 2.08. The molecule has 1 N–H and O–H groups in total. The van der Waals surface area contributed by atoms with E-state index in [0.29, 0.717) is 22.6 Å². The molecule has 3 rings (SSSR count). The first-order valence-electron chi connectivity index (χ1n) is 5.73. The fraction of sp³-hybridized carbons (Fsp3) is 0.0769. The monoisotopic (exact) mass is 270 g/mol. The van der Waals surface area contributed by atoms with E-state index < -0.39 is 0 Å². The average molecular weight is 270 g/mol. The first-order valence-corrected chi connectivity index (χ1v) is 6.20. The van der Waals surface area contributed by atoms with E-state index in [0.717, 1.165) is 12.0 Å². The number of fused-ring (bicyclic) bond motifs is 1. The van der Waals surface area contributed by atoms with Gasteiger partial charge in [-0.05, 0) is 24.6 Å². The van der Waals surface area contributed by atoms with Gasteiger partial charge in [-0.25, -0.2) is 9.98 Å². The molecular formula is C13H10N4OS. The summed E-state index contributed by atoms with van der Waals surface area (Å²) in [4.78, 5) is 12.7. The molecule has 2 aromatic rings. The summed E-state index contributed by atoms with van der Waals surface area (Å²) in [6, 6.07) is 3.65. The average Bonchev–Trinajstić information content (AvgIpc) is 2.71. The SMILES string of the molecule is S=CNc1cc(-c2nc3c(o2)=CCC=CN=3)ccn1. The van der Waals surface area contributed by atoms with Crippen LogP contribution in [-0.2, 0) is 0 Å². The minimum Gasteiger partial charge on any atom is -0.435 e. The van der Waals surface area contributed by atoms with Gasteiger partial charge >= 0.3 is 0 Å². The van der Waals surface area contributed by atoms with E-state index in [2.05, 4.69) is 20.3 Å². The van der Waals surface area contributed by atoms with E-state index in [1.165, 1.54) is 5.49 Å². The minimum absolute atomic E-state index is 0.523. The molecule has 0 fully saturated rings. The Kier molecular flexibility index (Phi) is 3.16. The van der Waals surface area contributed by atoms with Crippen LogP contribution in [0.5, 0.6) is 0 Å². The van der Waals surface area contributed by atoms with E-state index in [-0.39, 0.29) is 0 Å². The van der Waals surface area contributed by atoms with Crippen molar-refractivity contribution in [3.8, 4) is 11.5 Å². The number of nitrogens with zero attached hydrogens (tertiary/aromatic N) is 3. The summed E-state index contributed by atoms with van der Waals surface area (Å²) >= 11 is 4.74. The van der Waals surface area contributed by atoms with Crippen LogP contribution in [-0.4, -0.2) is 15.5 Å². The molecule has 94 valence electrons. The highest BCUT2D eigenvalue weighted by Gasteiger charge is 2.07. The molecule has 0 saturated heterocycles. The second-order valence-electron chi connectivity index (χ2n) is 3.85. The van der Waals surface area contributed by atoms with Gasteiger partial charge in [0, 0.05) is 18.0 Å². The molecule has 6 heteroatoms. The van der Waals surface area contributed by atoms with Crippen molar-refractivity contribution >= 4 is 29.6 Å². The topological polar surface area (TPSA) is 63.3 Å². The van der Waals surface area contributed by atoms with Crippen LogP contribution in [0.4, 0.5) is 5.82 Å². The van der Waals surface area contributed by atoms with E-state index in [4.69, 9.17) is 16.6 Å². The Bertz CT molecular complexity index is 763. The molecule has 0 atom stereocenters. The summed E-state index contributed by atoms with van der Waals surface area (Å²) in [7, 11) is 0. The summed E-state index contributed by atoms with van der Waals surface area (Å²) in [5.41, 5.74) is 3.53. The molecule has 1 aliphatic rings. The first-order chi connectivity index (χ1) is 9.36. The lowest BCUT2D eigenvalue weighted by atomic mass is 10.2. The number of oxazole rings is 1. The van der Waals surface area contributed by atoms with Gasteiger partial charge in [-0.15, -0.1) is 0 Å². The molecule has 2 aromatic heterocycles. The highest BCUT2D eigenvalue weighted by molar-refractivity contribution is 7.79. The van der Waals surface area contributed by atoms with Crippen molar-refractivity contribution in [3.05, 3.63) is 41.5 Å². The maximum absolute atomic E-state index is 5.71. The first kappa shape index (κ1) is 11.7. The van der Waals surface area contributed by atoms with Crippen LogP contribution in [0.25, 0.3) is 17.5 Å². The van der Waals surface area contributed by atoms with Gasteiger partial charge in [0.25, 0.3) is 0 Å². The molecule has 19 heavy (non-hydrogen) atoms. The van der Waals surface area contributed by atoms with Gasteiger partial charge in [-0.1, -0.05) is 18.3 Å². The second-order valence-corrected chi connectivity index (χ2v) is 4.09. The number of aromatic nitrogens is 2. The van der Waals surface area contributed by atoms with Crippen molar-refractivity contribution in [3.63, 3.8) is 0 Å². The van der Waals surface area contributed by atoms with Gasteiger partial charge in [0.1, 0.15) is 5.82 Å². The molecule has 1 aliphatic heterocycles. The van der Waals surface area contributed by atoms with Gasteiger partial charge in [-0.2, -0.15) is 4.98 Å². The Labute approximate surface area is 114 Å². The van der Waals surface area contributed by atoms with Crippen molar-refractivity contribution in [2.24, 2.45) is 4.99 Å². The summed E-state index contributed by atoms with van der Waals surface area (Å²) < 4.78 is 5.71. The number of anilines is 1. The minimum atomic E-state index is 0.523. The fourth-order valence-electron chi connectivity index (χ4n) is 1.73. The third-order valence-electron chi connectivity index (χ3n) is 2.59. The second kappa shape index (κ2) is 5.11. The quantitative estimate of drug-likeness (QED) is 0.855. The number of hydrogen-bond acceptors (Lipinski definition) is 5. The van der Waals surface area contributed by atoms with Crippen LogP contribution in [0.2, 0.25) is 0 Å². The molecule has 0 bridgehead atoms. The molecule has 0 amide bonds. The molecule has 0 spiro atoms. The molecule has 0 unspecified atom stereocenters. The molecule has 3 heterocycles.